The Morgan fingerprint density at radius 3 is 2.00 bits per heavy atom. The quantitative estimate of drug-likeness (QED) is 0.234. The molecule has 2 N–H and O–H groups in total. The van der Waals surface area contributed by atoms with Crippen LogP contribution in [-0.2, 0) is 0 Å². The van der Waals surface area contributed by atoms with Crippen LogP contribution in [0.2, 0.25) is 0 Å². The Morgan fingerprint density at radius 2 is 1.22 bits per heavy atom. The van der Waals surface area contributed by atoms with Gasteiger partial charge in [0.05, 0.1) is 38.5 Å². The van der Waals surface area contributed by atoms with Crippen molar-refractivity contribution < 1.29 is 0 Å². The Kier molecular flexibility index (Phi) is 5.23. The molecule has 41 heavy (non-hydrogen) atoms. The van der Waals surface area contributed by atoms with E-state index in [1.54, 1.807) is 11.3 Å². The third-order valence-corrected chi connectivity index (χ3v) is 8.71. The van der Waals surface area contributed by atoms with Crippen LogP contribution in [0.3, 0.4) is 0 Å². The zero-order valence-corrected chi connectivity index (χ0v) is 22.5. The molecule has 0 saturated carbocycles. The summed E-state index contributed by atoms with van der Waals surface area (Å²) >= 11 is 1.62. The lowest BCUT2D eigenvalue weighted by atomic mass is 9.83. The second-order valence-corrected chi connectivity index (χ2v) is 11.0. The SMILES string of the molecule is N=C1C(=N)c2c(c(-c3ccccc3)nc3ccccc23)C=C1c1nc(-c2ccccc2)nc2c1sc1ccccc12. The smallest absolute Gasteiger partial charge is 0.160 e. The lowest BCUT2D eigenvalue weighted by molar-refractivity contribution is 1.22. The van der Waals surface area contributed by atoms with Crippen molar-refractivity contribution in [2.24, 2.45) is 0 Å². The van der Waals surface area contributed by atoms with E-state index in [4.69, 9.17) is 15.0 Å². The summed E-state index contributed by atoms with van der Waals surface area (Å²) in [5.41, 5.74) is 7.47. The van der Waals surface area contributed by atoms with Crippen LogP contribution in [0, 0.1) is 10.8 Å². The molecule has 4 aromatic carbocycles. The Balaban J connectivity index is 1.48. The van der Waals surface area contributed by atoms with E-state index in [2.05, 4.69) is 12.1 Å². The zero-order valence-electron chi connectivity index (χ0n) is 21.7. The number of rotatable bonds is 3. The van der Waals surface area contributed by atoms with Gasteiger partial charge in [0.15, 0.2) is 5.82 Å². The summed E-state index contributed by atoms with van der Waals surface area (Å²) in [6.07, 6.45) is 2.01. The van der Waals surface area contributed by atoms with E-state index in [1.807, 2.05) is 103 Å². The molecule has 192 valence electrons. The van der Waals surface area contributed by atoms with Gasteiger partial charge in [0.25, 0.3) is 0 Å². The van der Waals surface area contributed by atoms with Gasteiger partial charge >= 0.3 is 0 Å². The minimum atomic E-state index is 0.143. The third kappa shape index (κ3) is 3.65. The highest BCUT2D eigenvalue weighted by atomic mass is 32.1. The van der Waals surface area contributed by atoms with Crippen LogP contribution in [0.1, 0.15) is 16.8 Å². The number of fused-ring (bicyclic) bond motifs is 6. The van der Waals surface area contributed by atoms with Gasteiger partial charge in [0.2, 0.25) is 0 Å². The van der Waals surface area contributed by atoms with Crippen molar-refractivity contribution >= 4 is 65.6 Å². The zero-order chi connectivity index (χ0) is 27.5. The predicted molar refractivity (Wildman–Crippen MR) is 170 cm³/mol. The number of nitrogens with zero attached hydrogens (tertiary/aromatic N) is 3. The molecule has 5 nitrogen and oxygen atoms in total. The van der Waals surface area contributed by atoms with Crippen LogP contribution < -0.4 is 0 Å². The normalized spacial score (nSPS) is 13.1. The van der Waals surface area contributed by atoms with Gasteiger partial charge in [-0.05, 0) is 18.2 Å². The Labute approximate surface area is 239 Å². The maximum atomic E-state index is 9.30. The molecule has 0 saturated heterocycles. The van der Waals surface area contributed by atoms with E-state index >= 15 is 0 Å². The minimum absolute atomic E-state index is 0.143. The van der Waals surface area contributed by atoms with Gasteiger partial charge in [-0.1, -0.05) is 97.1 Å². The maximum Gasteiger partial charge on any atom is 0.160 e. The van der Waals surface area contributed by atoms with Crippen molar-refractivity contribution in [2.45, 2.75) is 0 Å². The van der Waals surface area contributed by atoms with Crippen molar-refractivity contribution in [2.75, 3.05) is 0 Å². The van der Waals surface area contributed by atoms with Crippen LogP contribution in [0.25, 0.3) is 65.5 Å². The number of aromatic nitrogens is 3. The van der Waals surface area contributed by atoms with E-state index in [0.29, 0.717) is 17.1 Å². The molecule has 3 heterocycles. The Bertz CT molecular complexity index is 2230. The van der Waals surface area contributed by atoms with Crippen LogP contribution in [-0.4, -0.2) is 26.4 Å². The first-order chi connectivity index (χ1) is 20.2. The van der Waals surface area contributed by atoms with Gasteiger partial charge in [-0.25, -0.2) is 15.0 Å². The molecule has 3 aromatic heterocycles. The third-order valence-electron chi connectivity index (χ3n) is 7.54. The summed E-state index contributed by atoms with van der Waals surface area (Å²) in [6.45, 7) is 0. The van der Waals surface area contributed by atoms with Crippen molar-refractivity contribution in [3.8, 4) is 22.6 Å². The van der Waals surface area contributed by atoms with Crippen LogP contribution >= 0.6 is 11.3 Å². The first-order valence-corrected chi connectivity index (χ1v) is 14.1. The van der Waals surface area contributed by atoms with E-state index in [1.165, 1.54) is 0 Å². The monoisotopic (exact) mass is 543 g/mol. The molecule has 0 bridgehead atoms. The second kappa shape index (κ2) is 9.11. The van der Waals surface area contributed by atoms with E-state index in [0.717, 1.165) is 59.2 Å². The molecule has 0 unspecified atom stereocenters. The molecule has 0 fully saturated rings. The van der Waals surface area contributed by atoms with Crippen LogP contribution in [0.15, 0.2) is 109 Å². The molecule has 0 amide bonds. The van der Waals surface area contributed by atoms with Gasteiger partial charge in [-0.15, -0.1) is 11.3 Å². The highest BCUT2D eigenvalue weighted by Gasteiger charge is 2.30. The summed E-state index contributed by atoms with van der Waals surface area (Å²) < 4.78 is 2.02. The summed E-state index contributed by atoms with van der Waals surface area (Å²) in [4.78, 5) is 15.2. The summed E-state index contributed by atoms with van der Waals surface area (Å²) in [5, 5.41) is 20.5. The van der Waals surface area contributed by atoms with Gasteiger partial charge in [0.1, 0.15) is 0 Å². The fourth-order valence-corrected chi connectivity index (χ4v) is 6.75. The van der Waals surface area contributed by atoms with E-state index in [9.17, 15) is 10.8 Å². The molecule has 1 aliphatic carbocycles. The fourth-order valence-electron chi connectivity index (χ4n) is 5.61. The summed E-state index contributed by atoms with van der Waals surface area (Å²) in [5.74, 6) is 0.600. The molecule has 0 spiro atoms. The highest BCUT2D eigenvalue weighted by Crippen LogP contribution is 2.42. The number of hydrogen-bond donors (Lipinski definition) is 2. The number of para-hydroxylation sites is 1. The molecule has 1 aliphatic rings. The molecular formula is C35H21N5S. The number of benzene rings is 4. The molecule has 0 radical (unpaired) electrons. The summed E-state index contributed by atoms with van der Waals surface area (Å²) in [6, 6.07) is 36.1. The van der Waals surface area contributed by atoms with Crippen molar-refractivity contribution in [3.63, 3.8) is 0 Å². The van der Waals surface area contributed by atoms with Crippen molar-refractivity contribution in [1.29, 1.82) is 10.8 Å². The lowest BCUT2D eigenvalue weighted by Crippen LogP contribution is -2.22. The van der Waals surface area contributed by atoms with Crippen molar-refractivity contribution in [3.05, 3.63) is 126 Å². The molecule has 7 aromatic rings. The first kappa shape index (κ1) is 23.5. The van der Waals surface area contributed by atoms with Crippen LogP contribution in [0.5, 0.6) is 0 Å². The second-order valence-electron chi connectivity index (χ2n) is 9.98. The highest BCUT2D eigenvalue weighted by molar-refractivity contribution is 7.26. The molecule has 0 atom stereocenters. The van der Waals surface area contributed by atoms with E-state index in [-0.39, 0.29) is 11.4 Å². The number of thiophene rings is 1. The minimum Gasteiger partial charge on any atom is -0.298 e. The molecule has 6 heteroatoms. The standard InChI is InChI=1S/C35H21N5S/c36-29-25(19-24-28(30(29)37)22-15-7-9-17-26(22)38-31(24)20-11-3-1-4-12-20)33-34-32(23-16-8-10-18-27(23)41-34)39-35(40-33)21-13-5-2-6-14-21/h1-19,36-37H. The van der Waals surface area contributed by atoms with Crippen LogP contribution in [0.4, 0.5) is 0 Å². The lowest BCUT2D eigenvalue weighted by Gasteiger charge is -2.23. The average molecular weight is 544 g/mol. The molecule has 0 aliphatic heterocycles. The van der Waals surface area contributed by atoms with E-state index < -0.39 is 0 Å². The maximum absolute atomic E-state index is 9.30. The first-order valence-electron chi connectivity index (χ1n) is 13.3. The van der Waals surface area contributed by atoms with Gasteiger partial charge in [-0.2, -0.15) is 0 Å². The molecular weight excluding hydrogens is 522 g/mol. The predicted octanol–water partition coefficient (Wildman–Crippen LogP) is 8.67. The number of pyridine rings is 1. The number of allylic oxidation sites excluding steroid dienone is 1. The average Bonchev–Trinajstić information content (AvgIpc) is 3.41. The Hall–Kier alpha value is -5.33. The van der Waals surface area contributed by atoms with Gasteiger partial charge < -0.3 is 0 Å². The van der Waals surface area contributed by atoms with Crippen molar-refractivity contribution in [1.82, 2.24) is 15.0 Å². The van der Waals surface area contributed by atoms with Gasteiger partial charge in [0, 0.05) is 43.3 Å². The Morgan fingerprint density at radius 1 is 0.561 bits per heavy atom. The number of hydrogen-bond acceptors (Lipinski definition) is 6. The topological polar surface area (TPSA) is 86.4 Å². The largest absolute Gasteiger partial charge is 0.298 e. The molecule has 8 rings (SSSR count). The van der Waals surface area contributed by atoms with Gasteiger partial charge in [-0.3, -0.25) is 10.8 Å². The fraction of sp³-hybridized carbons (Fsp3) is 0. The number of nitrogens with one attached hydrogen (secondary N) is 2. The summed E-state index contributed by atoms with van der Waals surface area (Å²) in [7, 11) is 0.